The monoisotopic (exact) mass is 306 g/mol. The minimum Gasteiger partial charge on any atom is -0.378 e. The molecule has 0 aromatic carbocycles. The van der Waals surface area contributed by atoms with E-state index in [1.54, 1.807) is 11.3 Å². The number of hydrogen-bond acceptors (Lipinski definition) is 6. The smallest absolute Gasteiger partial charge is 0.226 e. The molecule has 0 saturated carbocycles. The van der Waals surface area contributed by atoms with Crippen molar-refractivity contribution in [2.24, 2.45) is 0 Å². The third kappa shape index (κ3) is 3.63. The molecule has 114 valence electrons. The van der Waals surface area contributed by atoms with Crippen molar-refractivity contribution in [2.45, 2.75) is 38.7 Å². The molecule has 21 heavy (non-hydrogen) atoms. The van der Waals surface area contributed by atoms with E-state index in [-0.39, 0.29) is 0 Å². The number of rotatable bonds is 7. The van der Waals surface area contributed by atoms with Gasteiger partial charge in [-0.25, -0.2) is 4.98 Å². The zero-order chi connectivity index (χ0) is 14.5. The molecule has 5 nitrogen and oxygen atoms in total. The van der Waals surface area contributed by atoms with Crippen LogP contribution < -0.4 is 10.6 Å². The van der Waals surface area contributed by atoms with Crippen LogP contribution in [0.25, 0.3) is 10.2 Å². The molecule has 0 bridgehead atoms. The van der Waals surface area contributed by atoms with E-state index in [1.165, 1.54) is 12.8 Å². The van der Waals surface area contributed by atoms with Gasteiger partial charge in [0.05, 0.1) is 11.5 Å². The second-order valence-electron chi connectivity index (χ2n) is 5.31. The highest BCUT2D eigenvalue weighted by atomic mass is 32.1. The van der Waals surface area contributed by atoms with E-state index >= 15 is 0 Å². The van der Waals surface area contributed by atoms with Crippen molar-refractivity contribution in [3.05, 3.63) is 11.4 Å². The van der Waals surface area contributed by atoms with Crippen LogP contribution in [-0.2, 0) is 4.74 Å². The molecular weight excluding hydrogens is 284 g/mol. The highest BCUT2D eigenvalue weighted by Crippen LogP contribution is 2.26. The molecule has 0 aliphatic carbocycles. The Hall–Kier alpha value is -1.40. The Morgan fingerprint density at radius 2 is 2.29 bits per heavy atom. The maximum atomic E-state index is 5.66. The van der Waals surface area contributed by atoms with Crippen molar-refractivity contribution in [1.29, 1.82) is 0 Å². The number of nitrogens with zero attached hydrogens (tertiary/aromatic N) is 2. The van der Waals surface area contributed by atoms with E-state index in [2.05, 4.69) is 39.0 Å². The SMILES string of the molecule is CCCNc1nc(NCCC2CCCO2)c2ccsc2n1. The van der Waals surface area contributed by atoms with Gasteiger partial charge in [-0.1, -0.05) is 6.92 Å². The molecule has 0 amide bonds. The van der Waals surface area contributed by atoms with E-state index in [0.717, 1.165) is 48.6 Å². The van der Waals surface area contributed by atoms with E-state index in [0.29, 0.717) is 12.1 Å². The highest BCUT2D eigenvalue weighted by Gasteiger charge is 2.15. The van der Waals surface area contributed by atoms with Crippen molar-refractivity contribution >= 4 is 33.3 Å². The van der Waals surface area contributed by atoms with Gasteiger partial charge in [0.1, 0.15) is 10.6 Å². The lowest BCUT2D eigenvalue weighted by Crippen LogP contribution is -2.14. The number of ether oxygens (including phenoxy) is 1. The van der Waals surface area contributed by atoms with E-state index < -0.39 is 0 Å². The lowest BCUT2D eigenvalue weighted by Gasteiger charge is -2.12. The maximum Gasteiger partial charge on any atom is 0.226 e. The molecule has 1 saturated heterocycles. The quantitative estimate of drug-likeness (QED) is 0.820. The van der Waals surface area contributed by atoms with Crippen molar-refractivity contribution in [3.63, 3.8) is 0 Å². The predicted molar refractivity (Wildman–Crippen MR) is 88.3 cm³/mol. The van der Waals surface area contributed by atoms with Gasteiger partial charge in [-0.3, -0.25) is 0 Å². The Labute approximate surface area is 129 Å². The summed E-state index contributed by atoms with van der Waals surface area (Å²) in [5.74, 6) is 1.64. The Morgan fingerprint density at radius 1 is 1.33 bits per heavy atom. The molecule has 1 aliphatic rings. The van der Waals surface area contributed by atoms with Crippen LogP contribution >= 0.6 is 11.3 Å². The second-order valence-corrected chi connectivity index (χ2v) is 6.21. The normalized spacial score (nSPS) is 18.2. The van der Waals surface area contributed by atoms with Gasteiger partial charge in [0.25, 0.3) is 0 Å². The van der Waals surface area contributed by atoms with Crippen LogP contribution in [0, 0.1) is 0 Å². The Bertz CT molecular complexity index is 580. The molecule has 3 rings (SSSR count). The molecule has 1 atom stereocenters. The molecule has 2 aromatic heterocycles. The molecule has 2 aromatic rings. The molecule has 6 heteroatoms. The van der Waals surface area contributed by atoms with Crippen molar-refractivity contribution in [3.8, 4) is 0 Å². The van der Waals surface area contributed by atoms with Crippen LogP contribution in [0.2, 0.25) is 0 Å². The lowest BCUT2D eigenvalue weighted by molar-refractivity contribution is 0.107. The average molecular weight is 306 g/mol. The van der Waals surface area contributed by atoms with E-state index in [4.69, 9.17) is 4.74 Å². The summed E-state index contributed by atoms with van der Waals surface area (Å²) in [6.45, 7) is 4.83. The minimum atomic E-state index is 0.412. The molecule has 1 fully saturated rings. The fourth-order valence-corrected chi connectivity index (χ4v) is 3.29. The average Bonchev–Trinajstić information content (AvgIpc) is 3.15. The molecule has 1 unspecified atom stereocenters. The van der Waals surface area contributed by atoms with Gasteiger partial charge in [0.15, 0.2) is 0 Å². The molecule has 0 spiro atoms. The van der Waals surface area contributed by atoms with Crippen LogP contribution in [0.4, 0.5) is 11.8 Å². The number of anilines is 2. The zero-order valence-corrected chi connectivity index (χ0v) is 13.2. The van der Waals surface area contributed by atoms with Crippen molar-refractivity contribution < 1.29 is 4.74 Å². The van der Waals surface area contributed by atoms with Crippen LogP contribution in [-0.4, -0.2) is 35.8 Å². The molecule has 3 heterocycles. The van der Waals surface area contributed by atoms with Crippen molar-refractivity contribution in [1.82, 2.24) is 9.97 Å². The summed E-state index contributed by atoms with van der Waals surface area (Å²) in [5, 5.41) is 9.89. The van der Waals surface area contributed by atoms with E-state index in [9.17, 15) is 0 Å². The van der Waals surface area contributed by atoms with Gasteiger partial charge in [0, 0.05) is 19.7 Å². The van der Waals surface area contributed by atoms with Gasteiger partial charge in [-0.15, -0.1) is 11.3 Å². The van der Waals surface area contributed by atoms with E-state index in [1.807, 2.05) is 0 Å². The summed E-state index contributed by atoms with van der Waals surface area (Å²) in [6.07, 6.45) is 4.89. The van der Waals surface area contributed by atoms with Crippen molar-refractivity contribution in [2.75, 3.05) is 30.3 Å². The standard InChI is InChI=1S/C15H22N4OS/c1-2-7-17-15-18-13(12-6-10-21-14(12)19-15)16-8-5-11-4-3-9-20-11/h6,10-11H,2-5,7-9H2,1H3,(H2,16,17,18,19). The van der Waals surface area contributed by atoms with Gasteiger partial charge in [0.2, 0.25) is 5.95 Å². The first kappa shape index (κ1) is 14.5. The van der Waals surface area contributed by atoms with Crippen LogP contribution in [0.3, 0.4) is 0 Å². The first-order valence-corrected chi connectivity index (χ1v) is 8.59. The van der Waals surface area contributed by atoms with Gasteiger partial charge in [-0.05, 0) is 37.1 Å². The predicted octanol–water partition coefficient (Wildman–Crippen LogP) is 3.49. The molecule has 1 aliphatic heterocycles. The zero-order valence-electron chi connectivity index (χ0n) is 12.4. The maximum absolute atomic E-state index is 5.66. The Morgan fingerprint density at radius 3 is 3.10 bits per heavy atom. The van der Waals surface area contributed by atoms with Crippen LogP contribution in [0.1, 0.15) is 32.6 Å². The number of aromatic nitrogens is 2. The molecule has 2 N–H and O–H groups in total. The summed E-state index contributed by atoms with van der Waals surface area (Å²) in [6, 6.07) is 2.08. The van der Waals surface area contributed by atoms with Gasteiger partial charge in [-0.2, -0.15) is 4.98 Å². The fraction of sp³-hybridized carbons (Fsp3) is 0.600. The summed E-state index contributed by atoms with van der Waals surface area (Å²) < 4.78 is 5.66. The Kier molecular flexibility index (Phi) is 4.87. The minimum absolute atomic E-state index is 0.412. The summed E-state index contributed by atoms with van der Waals surface area (Å²) >= 11 is 1.65. The first-order valence-electron chi connectivity index (χ1n) is 7.71. The fourth-order valence-electron chi connectivity index (χ4n) is 2.53. The van der Waals surface area contributed by atoms with Crippen LogP contribution in [0.15, 0.2) is 11.4 Å². The molecule has 0 radical (unpaired) electrons. The van der Waals surface area contributed by atoms with Gasteiger partial charge >= 0.3 is 0 Å². The topological polar surface area (TPSA) is 59.1 Å². The summed E-state index contributed by atoms with van der Waals surface area (Å²) in [5.41, 5.74) is 0. The number of nitrogens with one attached hydrogen (secondary N) is 2. The highest BCUT2D eigenvalue weighted by molar-refractivity contribution is 7.16. The number of fused-ring (bicyclic) bond motifs is 1. The Balaban J connectivity index is 1.68. The molecular formula is C15H22N4OS. The number of thiophene rings is 1. The number of hydrogen-bond donors (Lipinski definition) is 2. The first-order chi connectivity index (χ1) is 10.4. The third-order valence-electron chi connectivity index (χ3n) is 3.64. The third-order valence-corrected chi connectivity index (χ3v) is 4.45. The summed E-state index contributed by atoms with van der Waals surface area (Å²) in [7, 11) is 0. The lowest BCUT2D eigenvalue weighted by atomic mass is 10.2. The summed E-state index contributed by atoms with van der Waals surface area (Å²) in [4.78, 5) is 10.2. The van der Waals surface area contributed by atoms with Crippen LogP contribution in [0.5, 0.6) is 0 Å². The second kappa shape index (κ2) is 7.04. The van der Waals surface area contributed by atoms with Gasteiger partial charge < -0.3 is 15.4 Å². The largest absolute Gasteiger partial charge is 0.378 e.